The fourth-order valence-electron chi connectivity index (χ4n) is 3.64. The van der Waals surface area contributed by atoms with Crippen LogP contribution in [0, 0.1) is 0 Å². The molecule has 3 heterocycles. The fraction of sp³-hybridized carbons (Fsp3) is 0.450. The Morgan fingerprint density at radius 3 is 3.08 bits per heavy atom. The first-order valence-electron chi connectivity index (χ1n) is 9.11. The molecular formula is C20H25N3O2. The van der Waals surface area contributed by atoms with Gasteiger partial charge < -0.3 is 19.7 Å². The van der Waals surface area contributed by atoms with Crippen LogP contribution < -0.4 is 19.7 Å². The number of pyridine rings is 1. The number of anilines is 1. The van der Waals surface area contributed by atoms with Gasteiger partial charge in [-0.25, -0.2) is 4.98 Å². The molecule has 25 heavy (non-hydrogen) atoms. The summed E-state index contributed by atoms with van der Waals surface area (Å²) in [4.78, 5) is 7.02. The Morgan fingerprint density at radius 1 is 1.20 bits per heavy atom. The van der Waals surface area contributed by atoms with E-state index in [1.165, 1.54) is 24.8 Å². The van der Waals surface area contributed by atoms with Crippen LogP contribution in [-0.2, 0) is 13.1 Å². The van der Waals surface area contributed by atoms with E-state index in [9.17, 15) is 0 Å². The van der Waals surface area contributed by atoms with Crippen LogP contribution in [0.5, 0.6) is 11.5 Å². The number of benzene rings is 1. The standard InChI is InChI=1S/C20H25N3O2/c1-15-5-2-3-10-23(15)19-11-16(8-9-22-19)12-21-13-17-6-4-7-18-20(17)25-14-24-18/h4,6-9,11,15,21H,2-3,5,10,12-14H2,1H3. The van der Waals surface area contributed by atoms with E-state index in [1.54, 1.807) is 0 Å². The smallest absolute Gasteiger partial charge is 0.231 e. The largest absolute Gasteiger partial charge is 0.454 e. The molecule has 0 saturated carbocycles. The summed E-state index contributed by atoms with van der Waals surface area (Å²) in [5, 5.41) is 3.51. The van der Waals surface area contributed by atoms with Gasteiger partial charge in [-0.2, -0.15) is 0 Å². The van der Waals surface area contributed by atoms with Crippen molar-refractivity contribution in [3.63, 3.8) is 0 Å². The van der Waals surface area contributed by atoms with Crippen LogP contribution in [0.4, 0.5) is 5.82 Å². The van der Waals surface area contributed by atoms with Crippen molar-refractivity contribution < 1.29 is 9.47 Å². The van der Waals surface area contributed by atoms with Crippen LogP contribution in [0.2, 0.25) is 0 Å². The first-order valence-corrected chi connectivity index (χ1v) is 9.11. The third-order valence-corrected chi connectivity index (χ3v) is 5.03. The third-order valence-electron chi connectivity index (χ3n) is 5.03. The van der Waals surface area contributed by atoms with Crippen molar-refractivity contribution in [2.45, 2.75) is 45.3 Å². The van der Waals surface area contributed by atoms with Gasteiger partial charge in [0.15, 0.2) is 11.5 Å². The summed E-state index contributed by atoms with van der Waals surface area (Å²) in [7, 11) is 0. The molecule has 2 aliphatic heterocycles. The van der Waals surface area contributed by atoms with Gasteiger partial charge >= 0.3 is 0 Å². The maximum Gasteiger partial charge on any atom is 0.231 e. The van der Waals surface area contributed by atoms with Crippen LogP contribution in [0.25, 0.3) is 0 Å². The summed E-state index contributed by atoms with van der Waals surface area (Å²) in [6.45, 7) is 5.28. The number of fused-ring (bicyclic) bond motifs is 1. The number of para-hydroxylation sites is 1. The molecule has 1 aromatic heterocycles. The number of ether oxygens (including phenoxy) is 2. The topological polar surface area (TPSA) is 46.6 Å². The first kappa shape index (κ1) is 16.2. The van der Waals surface area contributed by atoms with E-state index in [0.29, 0.717) is 12.8 Å². The molecule has 0 amide bonds. The number of aromatic nitrogens is 1. The normalized spacial score (nSPS) is 19.2. The predicted octanol–water partition coefficient (Wildman–Crippen LogP) is 3.48. The molecule has 1 aromatic carbocycles. The molecule has 1 unspecified atom stereocenters. The van der Waals surface area contributed by atoms with Gasteiger partial charge in [0.25, 0.3) is 0 Å². The summed E-state index contributed by atoms with van der Waals surface area (Å²) in [6.07, 6.45) is 5.76. The molecule has 1 saturated heterocycles. The summed E-state index contributed by atoms with van der Waals surface area (Å²) >= 11 is 0. The van der Waals surface area contributed by atoms with Crippen molar-refractivity contribution in [1.82, 2.24) is 10.3 Å². The molecule has 4 rings (SSSR count). The van der Waals surface area contributed by atoms with Gasteiger partial charge in [-0.1, -0.05) is 12.1 Å². The van der Waals surface area contributed by atoms with E-state index < -0.39 is 0 Å². The molecule has 2 aliphatic rings. The zero-order chi connectivity index (χ0) is 17.1. The lowest BCUT2D eigenvalue weighted by Gasteiger charge is -2.34. The highest BCUT2D eigenvalue weighted by Crippen LogP contribution is 2.35. The summed E-state index contributed by atoms with van der Waals surface area (Å²) < 4.78 is 11.0. The van der Waals surface area contributed by atoms with Gasteiger partial charge in [-0.05, 0) is 49.9 Å². The summed E-state index contributed by atoms with van der Waals surface area (Å²) in [5.74, 6) is 2.81. The third kappa shape index (κ3) is 3.56. The Hall–Kier alpha value is -2.27. The highest BCUT2D eigenvalue weighted by atomic mass is 16.7. The predicted molar refractivity (Wildman–Crippen MR) is 98.0 cm³/mol. The highest BCUT2D eigenvalue weighted by Gasteiger charge is 2.20. The molecule has 0 bridgehead atoms. The van der Waals surface area contributed by atoms with Crippen molar-refractivity contribution in [3.8, 4) is 11.5 Å². The van der Waals surface area contributed by atoms with Crippen LogP contribution in [0.1, 0.15) is 37.3 Å². The second kappa shape index (κ2) is 7.31. The Bertz CT molecular complexity index is 735. The maximum absolute atomic E-state index is 5.56. The molecule has 5 heteroatoms. The van der Waals surface area contributed by atoms with Crippen LogP contribution in [0.3, 0.4) is 0 Å². The molecule has 1 N–H and O–H groups in total. The van der Waals surface area contributed by atoms with Crippen molar-refractivity contribution in [3.05, 3.63) is 47.7 Å². The van der Waals surface area contributed by atoms with Crippen LogP contribution in [0.15, 0.2) is 36.5 Å². The highest BCUT2D eigenvalue weighted by molar-refractivity contribution is 5.48. The average molecular weight is 339 g/mol. The molecule has 1 fully saturated rings. The Labute approximate surface area is 149 Å². The lowest BCUT2D eigenvalue weighted by atomic mass is 10.0. The Kier molecular flexibility index (Phi) is 4.74. The molecule has 0 aliphatic carbocycles. The number of nitrogens with one attached hydrogen (secondary N) is 1. The zero-order valence-corrected chi connectivity index (χ0v) is 14.7. The number of piperidine rings is 1. The molecule has 5 nitrogen and oxygen atoms in total. The average Bonchev–Trinajstić information content (AvgIpc) is 3.12. The molecule has 132 valence electrons. The summed E-state index contributed by atoms with van der Waals surface area (Å²) in [5.41, 5.74) is 2.39. The summed E-state index contributed by atoms with van der Waals surface area (Å²) in [6, 6.07) is 10.9. The SMILES string of the molecule is CC1CCCCN1c1cc(CNCc2cccc3c2OCO3)ccn1. The minimum atomic E-state index is 0.314. The van der Waals surface area contributed by atoms with Crippen molar-refractivity contribution in [2.75, 3.05) is 18.2 Å². The van der Waals surface area contributed by atoms with E-state index in [4.69, 9.17) is 9.47 Å². The van der Waals surface area contributed by atoms with Crippen molar-refractivity contribution in [1.29, 1.82) is 0 Å². The molecule has 1 atom stereocenters. The Morgan fingerprint density at radius 2 is 2.16 bits per heavy atom. The van der Waals surface area contributed by atoms with E-state index in [1.807, 2.05) is 18.3 Å². The zero-order valence-electron chi connectivity index (χ0n) is 14.7. The molecule has 0 spiro atoms. The molecular weight excluding hydrogens is 314 g/mol. The Balaban J connectivity index is 1.39. The number of rotatable bonds is 5. The second-order valence-corrected chi connectivity index (χ2v) is 6.81. The van der Waals surface area contributed by atoms with E-state index in [2.05, 4.69) is 40.3 Å². The van der Waals surface area contributed by atoms with Gasteiger partial charge in [0.2, 0.25) is 6.79 Å². The number of hydrogen-bond donors (Lipinski definition) is 1. The maximum atomic E-state index is 5.56. The quantitative estimate of drug-likeness (QED) is 0.904. The van der Waals surface area contributed by atoms with Gasteiger partial charge in [0.05, 0.1) is 0 Å². The van der Waals surface area contributed by atoms with E-state index in [-0.39, 0.29) is 0 Å². The fourth-order valence-corrected chi connectivity index (χ4v) is 3.64. The number of hydrogen-bond acceptors (Lipinski definition) is 5. The van der Waals surface area contributed by atoms with Crippen LogP contribution >= 0.6 is 0 Å². The molecule has 2 aromatic rings. The minimum absolute atomic E-state index is 0.314. The van der Waals surface area contributed by atoms with Crippen LogP contribution in [-0.4, -0.2) is 24.4 Å². The van der Waals surface area contributed by atoms with Crippen molar-refractivity contribution >= 4 is 5.82 Å². The van der Waals surface area contributed by atoms with Gasteiger partial charge in [0, 0.05) is 37.4 Å². The lowest BCUT2D eigenvalue weighted by Crippen LogP contribution is -2.38. The second-order valence-electron chi connectivity index (χ2n) is 6.81. The van der Waals surface area contributed by atoms with E-state index in [0.717, 1.165) is 42.5 Å². The first-order chi connectivity index (χ1) is 12.3. The van der Waals surface area contributed by atoms with Gasteiger partial charge in [-0.15, -0.1) is 0 Å². The lowest BCUT2D eigenvalue weighted by molar-refractivity contribution is 0.173. The monoisotopic (exact) mass is 339 g/mol. The van der Waals surface area contributed by atoms with Gasteiger partial charge in [-0.3, -0.25) is 0 Å². The van der Waals surface area contributed by atoms with E-state index >= 15 is 0 Å². The molecule has 0 radical (unpaired) electrons. The van der Waals surface area contributed by atoms with Crippen molar-refractivity contribution in [2.24, 2.45) is 0 Å². The minimum Gasteiger partial charge on any atom is -0.454 e. The van der Waals surface area contributed by atoms with Gasteiger partial charge in [0.1, 0.15) is 5.82 Å². The number of nitrogens with zero attached hydrogens (tertiary/aromatic N) is 2.